The molecular formula is C41H35N4PtSi-. The molecule has 0 aliphatic carbocycles. The molecule has 0 fully saturated rings. The summed E-state index contributed by atoms with van der Waals surface area (Å²) >= 11 is 0. The second kappa shape index (κ2) is 12.2. The summed E-state index contributed by atoms with van der Waals surface area (Å²) in [6, 6.07) is 51.0. The maximum absolute atomic E-state index is 4.85. The first-order valence-corrected chi connectivity index (χ1v) is 18.9. The molecule has 6 heteroatoms. The smallest absolute Gasteiger partial charge is 0.168 e. The Bertz CT molecular complexity index is 2390. The summed E-state index contributed by atoms with van der Waals surface area (Å²) in [5.74, 6) is 1.35. The molecule has 8 aromatic rings. The van der Waals surface area contributed by atoms with Crippen molar-refractivity contribution in [1.82, 2.24) is 18.7 Å². The number of nitrogens with zero attached hydrogens (tertiary/aromatic N) is 4. The number of fused-ring (bicyclic) bond motifs is 4. The number of benzene rings is 5. The van der Waals surface area contributed by atoms with E-state index >= 15 is 0 Å². The van der Waals surface area contributed by atoms with Crippen molar-refractivity contribution in [2.75, 3.05) is 0 Å². The van der Waals surface area contributed by atoms with Crippen molar-refractivity contribution in [1.29, 1.82) is 0 Å². The molecule has 0 spiro atoms. The zero-order chi connectivity index (χ0) is 31.4. The van der Waals surface area contributed by atoms with Crippen molar-refractivity contribution in [2.24, 2.45) is 0 Å². The van der Waals surface area contributed by atoms with Gasteiger partial charge in [-0.2, -0.15) is 45.3 Å². The summed E-state index contributed by atoms with van der Waals surface area (Å²) < 4.78 is 6.80. The Hall–Kier alpha value is -4.57. The van der Waals surface area contributed by atoms with Gasteiger partial charge < -0.3 is 4.57 Å². The third kappa shape index (κ3) is 5.28. The molecular weight excluding hydrogens is 772 g/mol. The standard InChI is InChI=1S/C41H35N4Si.Pt/c1-29(2)30-23-24-42-41(25-30)45-37-18-9-8-17-35(37)36-22-21-34(27-40(36)45)46(3,4)33-16-12-15-32(26-33)44-28-43(31-13-6-5-7-14-31)38-19-10-11-20-39(38)44;/h5-25,28-29H,1-4H3;/q-1;. The molecule has 0 saturated carbocycles. The second-order valence-corrected chi connectivity index (χ2v) is 17.2. The van der Waals surface area contributed by atoms with Gasteiger partial charge in [-0.3, -0.25) is 0 Å². The van der Waals surface area contributed by atoms with Crippen LogP contribution >= 0.6 is 0 Å². The molecule has 0 atom stereocenters. The van der Waals surface area contributed by atoms with Gasteiger partial charge in [0.1, 0.15) is 11.5 Å². The van der Waals surface area contributed by atoms with E-state index in [0.717, 1.165) is 39.3 Å². The van der Waals surface area contributed by atoms with Crippen LogP contribution in [0.4, 0.5) is 0 Å². The van der Waals surface area contributed by atoms with E-state index < -0.39 is 8.07 Å². The van der Waals surface area contributed by atoms with E-state index in [2.05, 4.69) is 180 Å². The molecule has 3 aromatic heterocycles. The van der Waals surface area contributed by atoms with Gasteiger partial charge in [0.05, 0.1) is 8.07 Å². The molecule has 0 unspecified atom stereocenters. The fraction of sp³-hybridized carbons (Fsp3) is 0.122. The SMILES string of the molecule is CC(C)c1ccnc(-n2c3[c-]c([Si](C)(C)c4[c-]c(-n5[cH+]n(-c6ccccc6)c6ccccc65)ccc4)ccc3c3ccccc32)c1.[Pt]. The van der Waals surface area contributed by atoms with Crippen LogP contribution in [0.15, 0.2) is 134 Å². The van der Waals surface area contributed by atoms with Crippen LogP contribution in [0.25, 0.3) is 50.0 Å². The number of rotatable bonds is 6. The fourth-order valence-corrected chi connectivity index (χ4v) is 8.79. The van der Waals surface area contributed by atoms with E-state index in [4.69, 9.17) is 4.98 Å². The Kier molecular flexibility index (Phi) is 8.07. The molecule has 0 aliphatic heterocycles. The van der Waals surface area contributed by atoms with Gasteiger partial charge >= 0.3 is 0 Å². The third-order valence-corrected chi connectivity index (χ3v) is 12.6. The molecule has 47 heavy (non-hydrogen) atoms. The van der Waals surface area contributed by atoms with Gasteiger partial charge in [-0.05, 0) is 47.2 Å². The Labute approximate surface area is 291 Å². The van der Waals surface area contributed by atoms with Gasteiger partial charge in [-0.1, -0.05) is 81.0 Å². The number of pyridine rings is 1. The first-order chi connectivity index (χ1) is 22.4. The summed E-state index contributed by atoms with van der Waals surface area (Å²) in [5, 5.41) is 4.90. The summed E-state index contributed by atoms with van der Waals surface area (Å²) in [7, 11) is -2.23. The minimum absolute atomic E-state index is 0. The van der Waals surface area contributed by atoms with E-state index in [1.807, 2.05) is 6.20 Å². The fourth-order valence-electron chi connectivity index (χ4n) is 6.62. The third-order valence-electron chi connectivity index (χ3n) is 9.30. The molecule has 8 rings (SSSR count). The van der Waals surface area contributed by atoms with E-state index in [1.54, 1.807) is 0 Å². The number of hydrogen-bond acceptors (Lipinski definition) is 1. The van der Waals surface area contributed by atoms with Gasteiger partial charge in [0, 0.05) is 50.6 Å². The molecule has 5 aromatic carbocycles. The first kappa shape index (κ1) is 31.0. The van der Waals surface area contributed by atoms with E-state index in [0.29, 0.717) is 5.92 Å². The quantitative estimate of drug-likeness (QED) is 0.122. The molecule has 0 amide bonds. The summed E-state index contributed by atoms with van der Waals surface area (Å²) in [5.41, 5.74) is 7.98. The topological polar surface area (TPSA) is 27.7 Å². The van der Waals surface area contributed by atoms with Crippen molar-refractivity contribution in [3.63, 3.8) is 0 Å². The van der Waals surface area contributed by atoms with Crippen molar-refractivity contribution in [3.8, 4) is 17.2 Å². The zero-order valence-electron chi connectivity index (χ0n) is 26.9. The molecule has 0 aliphatic rings. The van der Waals surface area contributed by atoms with Gasteiger partial charge in [-0.15, -0.1) is 17.5 Å². The van der Waals surface area contributed by atoms with E-state index in [9.17, 15) is 0 Å². The van der Waals surface area contributed by atoms with E-state index in [1.165, 1.54) is 26.7 Å². The average molecular weight is 807 g/mol. The predicted molar refractivity (Wildman–Crippen MR) is 194 cm³/mol. The van der Waals surface area contributed by atoms with Crippen LogP contribution in [0, 0.1) is 12.1 Å². The van der Waals surface area contributed by atoms with Crippen LogP contribution in [-0.4, -0.2) is 26.8 Å². The zero-order valence-corrected chi connectivity index (χ0v) is 30.2. The molecule has 234 valence electrons. The number of hydrogen-bond donors (Lipinski definition) is 0. The second-order valence-electron chi connectivity index (χ2n) is 12.8. The summed E-state index contributed by atoms with van der Waals surface area (Å²) in [6.45, 7) is 9.27. The molecule has 4 nitrogen and oxygen atoms in total. The molecule has 0 bridgehead atoms. The van der Waals surface area contributed by atoms with Crippen molar-refractivity contribution in [3.05, 3.63) is 152 Å². The number of imidazole rings is 1. The monoisotopic (exact) mass is 806 g/mol. The number of para-hydroxylation sites is 4. The Morgan fingerprint density at radius 2 is 1.34 bits per heavy atom. The van der Waals surface area contributed by atoms with Crippen molar-refractivity contribution < 1.29 is 21.1 Å². The summed E-state index contributed by atoms with van der Waals surface area (Å²) in [4.78, 5) is 4.85. The van der Waals surface area contributed by atoms with Crippen LogP contribution in [0.2, 0.25) is 13.1 Å². The van der Waals surface area contributed by atoms with Crippen LogP contribution in [-0.2, 0) is 21.1 Å². The van der Waals surface area contributed by atoms with Gasteiger partial charge in [0.15, 0.2) is 17.4 Å². The average Bonchev–Trinajstić information content (AvgIpc) is 3.65. The minimum atomic E-state index is -2.23. The van der Waals surface area contributed by atoms with Crippen LogP contribution in [0.5, 0.6) is 0 Å². The summed E-state index contributed by atoms with van der Waals surface area (Å²) in [6.07, 6.45) is 4.11. The number of aromatic nitrogens is 4. The minimum Gasteiger partial charge on any atom is -0.319 e. The Morgan fingerprint density at radius 1 is 0.660 bits per heavy atom. The molecule has 0 N–H and O–H groups in total. The first-order valence-electron chi connectivity index (χ1n) is 15.9. The van der Waals surface area contributed by atoms with Crippen molar-refractivity contribution in [2.45, 2.75) is 32.9 Å². The van der Waals surface area contributed by atoms with Crippen LogP contribution in [0.1, 0.15) is 25.3 Å². The van der Waals surface area contributed by atoms with Gasteiger partial charge in [0.2, 0.25) is 0 Å². The largest absolute Gasteiger partial charge is 0.319 e. The normalized spacial score (nSPS) is 11.9. The Morgan fingerprint density at radius 3 is 2.11 bits per heavy atom. The van der Waals surface area contributed by atoms with E-state index in [-0.39, 0.29) is 21.1 Å². The predicted octanol–water partition coefficient (Wildman–Crippen LogP) is 8.74. The molecule has 0 saturated heterocycles. The van der Waals surface area contributed by atoms with Gasteiger partial charge in [-0.25, -0.2) is 9.55 Å². The molecule has 0 radical (unpaired) electrons. The van der Waals surface area contributed by atoms with Gasteiger partial charge in [0.25, 0.3) is 0 Å². The van der Waals surface area contributed by atoms with Crippen molar-refractivity contribution >= 4 is 51.3 Å². The Balaban J connectivity index is 0.00000351. The maximum Gasteiger partial charge on any atom is 0.168 e. The maximum atomic E-state index is 4.85. The van der Waals surface area contributed by atoms with Crippen LogP contribution < -0.4 is 10.4 Å². The molecule has 3 heterocycles. The van der Waals surface area contributed by atoms with Crippen LogP contribution in [0.3, 0.4) is 0 Å².